The highest BCUT2D eigenvalue weighted by molar-refractivity contribution is 7.89. The maximum absolute atomic E-state index is 11.6. The molecule has 0 saturated heterocycles. The second-order valence-corrected chi connectivity index (χ2v) is 9.00. The van der Waals surface area contributed by atoms with Crippen molar-refractivity contribution < 1.29 is 13.2 Å². The minimum absolute atomic E-state index is 0.0508. The van der Waals surface area contributed by atoms with Gasteiger partial charge in [0.15, 0.2) is 0 Å². The summed E-state index contributed by atoms with van der Waals surface area (Å²) in [6, 6.07) is 23.6. The Labute approximate surface area is 185 Å². The predicted octanol–water partition coefficient (Wildman–Crippen LogP) is 4.44. The fourth-order valence-electron chi connectivity index (χ4n) is 3.27. The summed E-state index contributed by atoms with van der Waals surface area (Å²) in [4.78, 5) is 0.0508. The molecule has 4 aromatic rings. The molecule has 3 aromatic carbocycles. The third-order valence-corrected chi connectivity index (χ3v) is 6.04. The second-order valence-electron chi connectivity index (χ2n) is 7.00. The first-order valence-electron chi connectivity index (χ1n) is 9.44. The Kier molecular flexibility index (Phi) is 5.82. The van der Waals surface area contributed by atoms with Gasteiger partial charge in [-0.05, 0) is 60.2 Å². The lowest BCUT2D eigenvalue weighted by Crippen LogP contribution is -2.12. The molecule has 0 unspecified atom stereocenters. The van der Waals surface area contributed by atoms with Crippen LogP contribution < -0.4 is 9.88 Å². The molecule has 0 fully saturated rings. The number of ether oxygens (including phenoxy) is 1. The van der Waals surface area contributed by atoms with E-state index in [-0.39, 0.29) is 4.90 Å². The fraction of sp³-hybridized carbons (Fsp3) is 0.0870. The number of rotatable bonds is 6. The summed E-state index contributed by atoms with van der Waals surface area (Å²) in [7, 11) is -2.13. The molecule has 2 N–H and O–H groups in total. The number of nitrogens with two attached hydrogens (primary N) is 1. The highest BCUT2D eigenvalue weighted by Gasteiger charge is 2.14. The molecule has 0 saturated carbocycles. The number of nitrogens with zero attached hydrogens (tertiary/aromatic N) is 2. The lowest BCUT2D eigenvalue weighted by molar-refractivity contribution is 0.414. The molecule has 8 heteroatoms. The number of primary sulfonamides is 1. The van der Waals surface area contributed by atoms with Crippen LogP contribution in [-0.4, -0.2) is 25.3 Å². The van der Waals surface area contributed by atoms with Crippen LogP contribution >= 0.6 is 11.6 Å². The van der Waals surface area contributed by atoms with E-state index < -0.39 is 10.0 Å². The molecule has 0 amide bonds. The molecule has 0 radical (unpaired) electrons. The van der Waals surface area contributed by atoms with Gasteiger partial charge in [-0.2, -0.15) is 5.10 Å². The largest absolute Gasteiger partial charge is 0.497 e. The Morgan fingerprint density at radius 2 is 1.61 bits per heavy atom. The summed E-state index contributed by atoms with van der Waals surface area (Å²) in [6.45, 7) is 0. The summed E-state index contributed by atoms with van der Waals surface area (Å²) in [5.41, 5.74) is 4.48. The zero-order chi connectivity index (χ0) is 22.0. The van der Waals surface area contributed by atoms with Crippen molar-refractivity contribution in [2.75, 3.05) is 7.11 Å². The number of hydrogen-bond donors (Lipinski definition) is 1. The van der Waals surface area contributed by atoms with E-state index in [1.807, 2.05) is 54.6 Å². The number of sulfonamides is 1. The fourth-order valence-corrected chi connectivity index (χ4v) is 3.91. The van der Waals surface area contributed by atoms with Gasteiger partial charge in [-0.1, -0.05) is 35.9 Å². The molecule has 1 heterocycles. The summed E-state index contributed by atoms with van der Waals surface area (Å²) >= 11 is 6.05. The molecule has 0 spiro atoms. The first kappa shape index (κ1) is 21.1. The van der Waals surface area contributed by atoms with Crippen LogP contribution in [0.25, 0.3) is 16.9 Å². The van der Waals surface area contributed by atoms with E-state index in [0.29, 0.717) is 11.4 Å². The van der Waals surface area contributed by atoms with Crippen molar-refractivity contribution in [2.24, 2.45) is 5.14 Å². The summed E-state index contributed by atoms with van der Waals surface area (Å²) in [5.74, 6) is 0.797. The molecule has 0 atom stereocenters. The molecular weight excluding hydrogens is 434 g/mol. The molecule has 0 aliphatic carbocycles. The topological polar surface area (TPSA) is 87.2 Å². The van der Waals surface area contributed by atoms with Gasteiger partial charge in [0.2, 0.25) is 10.0 Å². The normalized spacial score (nSPS) is 11.5. The smallest absolute Gasteiger partial charge is 0.238 e. The van der Waals surface area contributed by atoms with Gasteiger partial charge in [0, 0.05) is 17.0 Å². The van der Waals surface area contributed by atoms with Gasteiger partial charge in [-0.25, -0.2) is 18.2 Å². The van der Waals surface area contributed by atoms with Gasteiger partial charge in [0.05, 0.1) is 29.1 Å². The molecule has 6 nitrogen and oxygen atoms in total. The maximum atomic E-state index is 11.6. The number of benzene rings is 3. The maximum Gasteiger partial charge on any atom is 0.238 e. The van der Waals surface area contributed by atoms with Crippen LogP contribution in [0.5, 0.6) is 5.75 Å². The van der Waals surface area contributed by atoms with Crippen molar-refractivity contribution in [3.63, 3.8) is 0 Å². The molecule has 158 valence electrons. The zero-order valence-electron chi connectivity index (χ0n) is 16.7. The molecule has 0 aliphatic heterocycles. The number of aromatic nitrogens is 2. The Morgan fingerprint density at radius 1 is 0.968 bits per heavy atom. The summed E-state index contributed by atoms with van der Waals surface area (Å²) in [5, 5.41) is 10.6. The van der Waals surface area contributed by atoms with Crippen LogP contribution in [0.1, 0.15) is 11.3 Å². The number of hydrogen-bond acceptors (Lipinski definition) is 4. The lowest BCUT2D eigenvalue weighted by Gasteiger charge is -2.08. The monoisotopic (exact) mass is 453 g/mol. The zero-order valence-corrected chi connectivity index (χ0v) is 18.3. The predicted molar refractivity (Wildman–Crippen MR) is 121 cm³/mol. The third kappa shape index (κ3) is 4.80. The summed E-state index contributed by atoms with van der Waals surface area (Å²) in [6.07, 6.45) is 0.632. The first-order valence-corrected chi connectivity index (χ1v) is 11.4. The van der Waals surface area contributed by atoms with Gasteiger partial charge >= 0.3 is 0 Å². The molecule has 0 bridgehead atoms. The van der Waals surface area contributed by atoms with Crippen LogP contribution in [0.15, 0.2) is 83.8 Å². The van der Waals surface area contributed by atoms with Crippen molar-refractivity contribution in [1.82, 2.24) is 9.78 Å². The van der Waals surface area contributed by atoms with Crippen molar-refractivity contribution >= 4 is 21.6 Å². The van der Waals surface area contributed by atoms with Gasteiger partial charge in [0.1, 0.15) is 5.75 Å². The number of halogens is 1. The van der Waals surface area contributed by atoms with Crippen molar-refractivity contribution in [1.29, 1.82) is 0 Å². The van der Waals surface area contributed by atoms with Gasteiger partial charge in [0.25, 0.3) is 0 Å². The van der Waals surface area contributed by atoms with Gasteiger partial charge < -0.3 is 4.74 Å². The SMILES string of the molecule is COc1ccc(Cc2cc(-c3ccc(Cl)cc3)n(-c3ccc(S(N)(=O)=O)cc3)n2)cc1. The first-order chi connectivity index (χ1) is 14.8. The Bertz CT molecular complexity index is 1300. The Morgan fingerprint density at radius 3 is 2.19 bits per heavy atom. The average Bonchev–Trinajstić information content (AvgIpc) is 3.18. The van der Waals surface area contributed by atoms with E-state index in [9.17, 15) is 8.42 Å². The molecular formula is C23H20ClN3O3S. The van der Waals surface area contributed by atoms with E-state index in [0.717, 1.165) is 34.0 Å². The highest BCUT2D eigenvalue weighted by atomic mass is 35.5. The van der Waals surface area contributed by atoms with Gasteiger partial charge in [-0.3, -0.25) is 0 Å². The van der Waals surface area contributed by atoms with Crippen molar-refractivity contribution in [2.45, 2.75) is 11.3 Å². The second kappa shape index (κ2) is 8.55. The van der Waals surface area contributed by atoms with E-state index in [2.05, 4.69) is 0 Å². The lowest BCUT2D eigenvalue weighted by atomic mass is 10.1. The Hall–Kier alpha value is -3.13. The van der Waals surface area contributed by atoms with E-state index in [1.165, 1.54) is 12.1 Å². The number of methoxy groups -OCH3 is 1. The molecule has 31 heavy (non-hydrogen) atoms. The van der Waals surface area contributed by atoms with Crippen LogP contribution in [0, 0.1) is 0 Å². The van der Waals surface area contributed by atoms with Crippen LogP contribution in [-0.2, 0) is 16.4 Å². The summed E-state index contributed by atoms with van der Waals surface area (Å²) < 4.78 is 30.2. The quantitative estimate of drug-likeness (QED) is 0.467. The average molecular weight is 454 g/mol. The van der Waals surface area contributed by atoms with Crippen molar-refractivity contribution in [3.05, 3.63) is 95.1 Å². The molecule has 1 aromatic heterocycles. The van der Waals surface area contributed by atoms with E-state index in [1.54, 1.807) is 23.9 Å². The van der Waals surface area contributed by atoms with E-state index in [4.69, 9.17) is 26.6 Å². The third-order valence-electron chi connectivity index (χ3n) is 4.85. The molecule has 4 rings (SSSR count). The standard InChI is InChI=1S/C23H20ClN3O3S/c1-30-21-10-2-16(3-11-21)14-19-15-23(17-4-6-18(24)7-5-17)27(26-19)20-8-12-22(13-9-20)31(25,28)29/h2-13,15H,14H2,1H3,(H2,25,28,29). The van der Waals surface area contributed by atoms with Gasteiger partial charge in [-0.15, -0.1) is 0 Å². The minimum atomic E-state index is -3.76. The van der Waals surface area contributed by atoms with Crippen LogP contribution in [0.2, 0.25) is 5.02 Å². The van der Waals surface area contributed by atoms with Crippen LogP contribution in [0.3, 0.4) is 0 Å². The Balaban J connectivity index is 1.75. The molecule has 0 aliphatic rings. The van der Waals surface area contributed by atoms with E-state index >= 15 is 0 Å². The van der Waals surface area contributed by atoms with Crippen molar-refractivity contribution in [3.8, 4) is 22.7 Å². The minimum Gasteiger partial charge on any atom is -0.497 e. The highest BCUT2D eigenvalue weighted by Crippen LogP contribution is 2.27. The van der Waals surface area contributed by atoms with Crippen LogP contribution in [0.4, 0.5) is 0 Å².